The van der Waals surface area contributed by atoms with Crippen LogP contribution in [0.2, 0.25) is 5.02 Å². The number of aliphatic carboxylic acids is 2. The summed E-state index contributed by atoms with van der Waals surface area (Å²) in [5, 5.41) is 19.4. The van der Waals surface area contributed by atoms with E-state index in [-0.39, 0.29) is 5.60 Å². The summed E-state index contributed by atoms with van der Waals surface area (Å²) in [5.41, 5.74) is 1.28. The molecule has 2 atom stereocenters. The van der Waals surface area contributed by atoms with Gasteiger partial charge in [0.25, 0.3) is 0 Å². The first-order valence-corrected chi connectivity index (χ1v) is 12.4. The van der Waals surface area contributed by atoms with Crippen molar-refractivity contribution in [2.45, 2.75) is 45.1 Å². The molecular formula is C25H39ClN2O6. The van der Waals surface area contributed by atoms with Crippen LogP contribution in [0.1, 0.15) is 38.7 Å². The number of carboxylic acids is 2. The summed E-state index contributed by atoms with van der Waals surface area (Å²) in [4.78, 5) is 20.7. The summed E-state index contributed by atoms with van der Waals surface area (Å²) in [6.07, 6.45) is 4.54. The molecule has 9 heteroatoms. The molecule has 2 aliphatic rings. The van der Waals surface area contributed by atoms with Crippen LogP contribution in [0.25, 0.3) is 0 Å². The van der Waals surface area contributed by atoms with E-state index in [4.69, 9.17) is 40.9 Å². The van der Waals surface area contributed by atoms with E-state index >= 15 is 0 Å². The second-order valence-electron chi connectivity index (χ2n) is 9.52. The Morgan fingerprint density at radius 1 is 1.15 bits per heavy atom. The summed E-state index contributed by atoms with van der Waals surface area (Å²) in [7, 11) is 0. The van der Waals surface area contributed by atoms with Crippen molar-refractivity contribution in [1.29, 1.82) is 0 Å². The van der Waals surface area contributed by atoms with Gasteiger partial charge in [-0.05, 0) is 69.5 Å². The molecule has 3 rings (SSSR count). The number of ether oxygens (including phenoxy) is 2. The number of carboxylic acid groups (broad SMARTS) is 2. The van der Waals surface area contributed by atoms with Crippen LogP contribution in [0, 0.1) is 11.8 Å². The molecule has 0 aromatic heterocycles. The van der Waals surface area contributed by atoms with E-state index in [0.717, 1.165) is 76.8 Å². The van der Waals surface area contributed by atoms with Crippen LogP contribution in [-0.2, 0) is 25.5 Å². The van der Waals surface area contributed by atoms with Gasteiger partial charge in [-0.15, -0.1) is 0 Å². The van der Waals surface area contributed by atoms with Crippen molar-refractivity contribution in [1.82, 2.24) is 10.2 Å². The molecule has 34 heavy (non-hydrogen) atoms. The van der Waals surface area contributed by atoms with Gasteiger partial charge in [-0.3, -0.25) is 4.90 Å². The molecule has 0 aliphatic carbocycles. The Kier molecular flexibility index (Phi) is 12.3. The summed E-state index contributed by atoms with van der Waals surface area (Å²) in [6, 6.07) is 8.33. The van der Waals surface area contributed by atoms with Gasteiger partial charge in [-0.1, -0.05) is 29.8 Å². The highest BCUT2D eigenvalue weighted by atomic mass is 35.5. The Labute approximate surface area is 207 Å². The van der Waals surface area contributed by atoms with Gasteiger partial charge in [0.05, 0.1) is 18.8 Å². The van der Waals surface area contributed by atoms with E-state index in [2.05, 4.69) is 36.2 Å². The van der Waals surface area contributed by atoms with E-state index in [1.54, 1.807) is 0 Å². The summed E-state index contributed by atoms with van der Waals surface area (Å²) in [6.45, 7) is 12.4. The van der Waals surface area contributed by atoms with E-state index in [0.29, 0.717) is 11.8 Å². The quantitative estimate of drug-likeness (QED) is 0.352. The molecule has 2 unspecified atom stereocenters. The van der Waals surface area contributed by atoms with Crippen molar-refractivity contribution in [2.24, 2.45) is 11.8 Å². The van der Waals surface area contributed by atoms with Crippen LogP contribution in [-0.4, -0.2) is 85.2 Å². The number of halogens is 1. The monoisotopic (exact) mass is 498 g/mol. The fourth-order valence-electron chi connectivity index (χ4n) is 4.61. The van der Waals surface area contributed by atoms with Crippen molar-refractivity contribution in [3.8, 4) is 0 Å². The molecule has 0 amide bonds. The van der Waals surface area contributed by atoms with Crippen LogP contribution in [0.3, 0.4) is 0 Å². The Morgan fingerprint density at radius 2 is 1.82 bits per heavy atom. The molecule has 2 aliphatic heterocycles. The Morgan fingerprint density at radius 3 is 2.44 bits per heavy atom. The fraction of sp³-hybridized carbons (Fsp3) is 0.680. The molecule has 8 nitrogen and oxygen atoms in total. The molecule has 1 aromatic carbocycles. The molecule has 0 radical (unpaired) electrons. The predicted molar refractivity (Wildman–Crippen MR) is 131 cm³/mol. The lowest BCUT2D eigenvalue weighted by Gasteiger charge is -2.39. The smallest absolute Gasteiger partial charge is 0.414 e. The minimum absolute atomic E-state index is 0.00852. The maximum absolute atomic E-state index is 9.10. The summed E-state index contributed by atoms with van der Waals surface area (Å²) >= 11 is 6.48. The number of rotatable bonds is 9. The number of benzene rings is 1. The van der Waals surface area contributed by atoms with E-state index in [1.807, 2.05) is 12.1 Å². The average molecular weight is 499 g/mol. The highest BCUT2D eigenvalue weighted by Crippen LogP contribution is 2.37. The fourth-order valence-corrected chi connectivity index (χ4v) is 4.82. The topological polar surface area (TPSA) is 108 Å². The van der Waals surface area contributed by atoms with Crippen LogP contribution >= 0.6 is 11.6 Å². The van der Waals surface area contributed by atoms with Crippen molar-refractivity contribution < 1.29 is 29.3 Å². The molecular weight excluding hydrogens is 460 g/mol. The third-order valence-corrected chi connectivity index (χ3v) is 6.79. The number of hydrogen-bond acceptors (Lipinski definition) is 6. The van der Waals surface area contributed by atoms with Crippen molar-refractivity contribution >= 4 is 23.5 Å². The van der Waals surface area contributed by atoms with E-state index < -0.39 is 11.9 Å². The van der Waals surface area contributed by atoms with Gasteiger partial charge in [0.2, 0.25) is 0 Å². The molecule has 3 N–H and O–H groups in total. The second kappa shape index (κ2) is 14.6. The third kappa shape index (κ3) is 10.7. The number of carbonyl (C=O) groups is 2. The van der Waals surface area contributed by atoms with Gasteiger partial charge in [-0.25, -0.2) is 9.59 Å². The zero-order valence-electron chi connectivity index (χ0n) is 20.3. The largest absolute Gasteiger partial charge is 0.473 e. The van der Waals surface area contributed by atoms with Crippen molar-refractivity contribution in [2.75, 3.05) is 52.5 Å². The number of morpholine rings is 1. The van der Waals surface area contributed by atoms with Gasteiger partial charge in [0, 0.05) is 37.8 Å². The minimum atomic E-state index is -1.82. The Hall–Kier alpha value is -1.71. The first-order chi connectivity index (χ1) is 16.2. The zero-order chi connectivity index (χ0) is 25.0. The second-order valence-corrected chi connectivity index (χ2v) is 9.93. The van der Waals surface area contributed by atoms with Gasteiger partial charge >= 0.3 is 11.9 Å². The van der Waals surface area contributed by atoms with Crippen LogP contribution in [0.15, 0.2) is 24.3 Å². The standard InChI is InChI=1S/C23H37ClN2O2.C2H2O4/c1-23(2)18-21(8-14-28-23)19(17-20-5-3-4-6-22(20)24)7-9-25-10-11-26-12-15-27-16-13-26;3-1(4)2(5)6/h3-6,19,21,25H,7-18H2,1-2H3;(H,3,4)(H,5,6). The summed E-state index contributed by atoms with van der Waals surface area (Å²) < 4.78 is 11.4. The Bertz CT molecular complexity index is 758. The zero-order valence-corrected chi connectivity index (χ0v) is 21.1. The lowest BCUT2D eigenvalue weighted by Crippen LogP contribution is -2.41. The van der Waals surface area contributed by atoms with Crippen LogP contribution < -0.4 is 5.32 Å². The van der Waals surface area contributed by atoms with E-state index in [9.17, 15) is 0 Å². The lowest BCUT2D eigenvalue weighted by molar-refractivity contribution is -0.159. The maximum atomic E-state index is 9.10. The molecule has 0 saturated carbocycles. The molecule has 2 fully saturated rings. The molecule has 2 saturated heterocycles. The van der Waals surface area contributed by atoms with Gasteiger partial charge in [0.1, 0.15) is 0 Å². The number of nitrogens with zero attached hydrogens (tertiary/aromatic N) is 1. The van der Waals surface area contributed by atoms with Crippen LogP contribution in [0.4, 0.5) is 0 Å². The van der Waals surface area contributed by atoms with Crippen molar-refractivity contribution in [3.05, 3.63) is 34.9 Å². The normalized spacial score (nSPS) is 21.2. The highest BCUT2D eigenvalue weighted by Gasteiger charge is 2.33. The molecule has 1 aromatic rings. The third-order valence-electron chi connectivity index (χ3n) is 6.43. The predicted octanol–water partition coefficient (Wildman–Crippen LogP) is 3.17. The first-order valence-electron chi connectivity index (χ1n) is 12.0. The molecule has 0 bridgehead atoms. The highest BCUT2D eigenvalue weighted by molar-refractivity contribution is 6.31. The maximum Gasteiger partial charge on any atom is 0.414 e. The molecule has 0 spiro atoms. The van der Waals surface area contributed by atoms with Crippen molar-refractivity contribution in [3.63, 3.8) is 0 Å². The molecule has 2 heterocycles. The molecule has 192 valence electrons. The summed E-state index contributed by atoms with van der Waals surface area (Å²) in [5.74, 6) is -2.31. The minimum Gasteiger partial charge on any atom is -0.473 e. The number of hydrogen-bond donors (Lipinski definition) is 3. The SMILES string of the molecule is CC1(C)CC(C(CCNCCN2CCOCC2)Cc2ccccc2Cl)CCO1.O=C(O)C(=O)O. The van der Waals surface area contributed by atoms with Gasteiger partial charge < -0.3 is 25.0 Å². The Balaban J connectivity index is 0.000000604. The van der Waals surface area contributed by atoms with Crippen LogP contribution in [0.5, 0.6) is 0 Å². The lowest BCUT2D eigenvalue weighted by atomic mass is 9.75. The first kappa shape index (κ1) is 28.5. The van der Waals surface area contributed by atoms with E-state index in [1.165, 1.54) is 12.0 Å². The van der Waals surface area contributed by atoms with Gasteiger partial charge in [-0.2, -0.15) is 0 Å². The van der Waals surface area contributed by atoms with Gasteiger partial charge in [0.15, 0.2) is 0 Å². The number of nitrogens with one attached hydrogen (secondary N) is 1. The average Bonchev–Trinajstić information content (AvgIpc) is 2.79.